The van der Waals surface area contributed by atoms with E-state index >= 15 is 0 Å². The van der Waals surface area contributed by atoms with Gasteiger partial charge in [0.1, 0.15) is 0 Å². The molecule has 2 aromatic heterocycles. The zero-order valence-corrected chi connectivity index (χ0v) is 30.1. The molecule has 6 heteroatoms. The zero-order valence-electron chi connectivity index (χ0n) is 30.1. The second-order valence-electron chi connectivity index (χ2n) is 14.4. The second-order valence-corrected chi connectivity index (χ2v) is 14.4. The molecular weight excluding hydrogens is 681 g/mol. The number of nitrogens with zero attached hydrogens (tertiary/aromatic N) is 5. The van der Waals surface area contributed by atoms with Crippen molar-refractivity contribution in [3.05, 3.63) is 199 Å². The first-order valence-electron chi connectivity index (χ1n) is 18.7. The number of benzene rings is 8. The predicted octanol–water partition coefficient (Wildman–Crippen LogP) is 10.6. The summed E-state index contributed by atoms with van der Waals surface area (Å²) in [5.41, 5.74) is 13.8. The minimum atomic E-state index is -0.127. The molecule has 0 spiro atoms. The highest BCUT2D eigenvalue weighted by molar-refractivity contribution is 6.98. The molecule has 0 saturated carbocycles. The maximum absolute atomic E-state index is 10.1. The van der Waals surface area contributed by atoms with Gasteiger partial charge in [0, 0.05) is 55.5 Å². The summed E-state index contributed by atoms with van der Waals surface area (Å²) in [6.45, 7) is 7.81. The van der Waals surface area contributed by atoms with Gasteiger partial charge < -0.3 is 14.0 Å². The Morgan fingerprint density at radius 1 is 0.464 bits per heavy atom. The molecule has 56 heavy (non-hydrogen) atoms. The quantitative estimate of drug-likeness (QED) is 0.135. The molecule has 0 bridgehead atoms. The van der Waals surface area contributed by atoms with Crippen LogP contribution in [0.3, 0.4) is 0 Å². The van der Waals surface area contributed by atoms with Crippen LogP contribution in [0.2, 0.25) is 0 Å². The van der Waals surface area contributed by atoms with Gasteiger partial charge in [0.2, 0.25) is 6.71 Å². The van der Waals surface area contributed by atoms with E-state index in [2.05, 4.69) is 189 Å². The van der Waals surface area contributed by atoms with E-state index in [9.17, 15) is 5.26 Å². The molecule has 0 N–H and O–H groups in total. The van der Waals surface area contributed by atoms with Gasteiger partial charge in [0.15, 0.2) is 5.69 Å². The first-order chi connectivity index (χ1) is 27.7. The fourth-order valence-electron chi connectivity index (χ4n) is 9.07. The van der Waals surface area contributed by atoms with E-state index in [0.29, 0.717) is 11.3 Å². The molecule has 0 amide bonds. The molecular formula is C50H30BN5. The Kier molecular flexibility index (Phi) is 7.01. The monoisotopic (exact) mass is 711 g/mol. The van der Waals surface area contributed by atoms with Gasteiger partial charge in [-0.1, -0.05) is 109 Å². The lowest BCUT2D eigenvalue weighted by molar-refractivity contribution is 1.17. The number of anilines is 3. The predicted molar refractivity (Wildman–Crippen MR) is 232 cm³/mol. The van der Waals surface area contributed by atoms with E-state index in [4.69, 9.17) is 6.57 Å². The molecule has 5 nitrogen and oxygen atoms in total. The van der Waals surface area contributed by atoms with Crippen LogP contribution in [0.1, 0.15) is 5.56 Å². The van der Waals surface area contributed by atoms with Crippen LogP contribution in [0.25, 0.3) is 59.8 Å². The minimum absolute atomic E-state index is 0.127. The largest absolute Gasteiger partial charge is 0.313 e. The first kappa shape index (κ1) is 31.7. The van der Waals surface area contributed by atoms with Gasteiger partial charge >= 0.3 is 0 Å². The number of nitriles is 1. The highest BCUT2D eigenvalue weighted by Crippen LogP contribution is 2.41. The molecule has 0 unspecified atom stereocenters. The summed E-state index contributed by atoms with van der Waals surface area (Å²) in [6.07, 6.45) is 0. The maximum Gasteiger partial charge on any atom is 0.246 e. The smallest absolute Gasteiger partial charge is 0.246 e. The van der Waals surface area contributed by atoms with Crippen molar-refractivity contribution < 1.29 is 0 Å². The number of aromatic nitrogens is 2. The fraction of sp³-hybridized carbons (Fsp3) is 0. The molecule has 0 atom stereocenters. The Hall–Kier alpha value is -7.80. The molecule has 8 aromatic carbocycles. The van der Waals surface area contributed by atoms with E-state index in [1.807, 2.05) is 12.1 Å². The van der Waals surface area contributed by atoms with Crippen LogP contribution < -0.4 is 21.3 Å². The van der Waals surface area contributed by atoms with Crippen molar-refractivity contribution in [3.63, 3.8) is 0 Å². The van der Waals surface area contributed by atoms with Gasteiger partial charge in [0.05, 0.1) is 34.7 Å². The lowest BCUT2D eigenvalue weighted by atomic mass is 9.35. The SMILES string of the molecule is [C-]#[N+]c1cc(C#N)cc(N2c3ccc(-n4c5ccccc5c5ccccc54)cc3B(c3ccccc3)c3cc(-n4c5ccccc5c5ccccc54)ccc32)c1. The normalized spacial score (nSPS) is 12.2. The highest BCUT2D eigenvalue weighted by Gasteiger charge is 2.36. The van der Waals surface area contributed by atoms with Crippen molar-refractivity contribution in [2.24, 2.45) is 0 Å². The molecule has 11 rings (SSSR count). The number of hydrogen-bond donors (Lipinski definition) is 0. The van der Waals surface area contributed by atoms with Crippen molar-refractivity contribution in [2.45, 2.75) is 0 Å². The molecule has 10 aromatic rings. The van der Waals surface area contributed by atoms with Gasteiger partial charge in [-0.05, 0) is 89.8 Å². The van der Waals surface area contributed by atoms with E-state index in [0.717, 1.165) is 61.4 Å². The molecule has 1 aliphatic heterocycles. The minimum Gasteiger partial charge on any atom is -0.313 e. The topological polar surface area (TPSA) is 41.2 Å². The Morgan fingerprint density at radius 2 is 0.911 bits per heavy atom. The first-order valence-corrected chi connectivity index (χ1v) is 18.7. The summed E-state index contributed by atoms with van der Waals surface area (Å²) >= 11 is 0. The van der Waals surface area contributed by atoms with Crippen molar-refractivity contribution >= 4 is 89.5 Å². The summed E-state index contributed by atoms with van der Waals surface area (Å²) in [6, 6.07) is 66.5. The summed E-state index contributed by atoms with van der Waals surface area (Å²) < 4.78 is 4.74. The molecule has 0 fully saturated rings. The number of rotatable bonds is 4. The Morgan fingerprint density at radius 3 is 1.36 bits per heavy atom. The van der Waals surface area contributed by atoms with Crippen molar-refractivity contribution in [2.75, 3.05) is 4.90 Å². The van der Waals surface area contributed by atoms with Crippen LogP contribution in [0.15, 0.2) is 182 Å². The molecule has 0 radical (unpaired) electrons. The lowest BCUT2D eigenvalue weighted by Crippen LogP contribution is -2.57. The molecule has 258 valence electrons. The average molecular weight is 712 g/mol. The van der Waals surface area contributed by atoms with Crippen LogP contribution in [-0.2, 0) is 0 Å². The third kappa shape index (κ3) is 4.67. The Balaban J connectivity index is 1.23. The van der Waals surface area contributed by atoms with Gasteiger partial charge in [-0.3, -0.25) is 0 Å². The molecule has 0 saturated heterocycles. The number of para-hydroxylation sites is 4. The van der Waals surface area contributed by atoms with E-state index in [1.165, 1.54) is 27.0 Å². The summed E-state index contributed by atoms with van der Waals surface area (Å²) in [4.78, 5) is 6.03. The van der Waals surface area contributed by atoms with Gasteiger partial charge in [-0.25, -0.2) is 4.85 Å². The summed E-state index contributed by atoms with van der Waals surface area (Å²) in [5.74, 6) is 0. The molecule has 1 aliphatic rings. The number of fused-ring (bicyclic) bond motifs is 8. The van der Waals surface area contributed by atoms with Crippen LogP contribution in [0, 0.1) is 17.9 Å². The number of hydrogen-bond acceptors (Lipinski definition) is 2. The average Bonchev–Trinajstić information content (AvgIpc) is 3.78. The van der Waals surface area contributed by atoms with Crippen LogP contribution in [-0.4, -0.2) is 15.8 Å². The van der Waals surface area contributed by atoms with Gasteiger partial charge in [-0.2, -0.15) is 5.26 Å². The van der Waals surface area contributed by atoms with Crippen LogP contribution >= 0.6 is 0 Å². The highest BCUT2D eigenvalue weighted by atomic mass is 15.2. The lowest BCUT2D eigenvalue weighted by Gasteiger charge is -2.38. The van der Waals surface area contributed by atoms with Crippen molar-refractivity contribution in [1.82, 2.24) is 9.13 Å². The zero-order chi connectivity index (χ0) is 37.3. The second kappa shape index (κ2) is 12.4. The van der Waals surface area contributed by atoms with E-state index in [1.54, 1.807) is 6.07 Å². The van der Waals surface area contributed by atoms with Gasteiger partial charge in [0.25, 0.3) is 0 Å². The maximum atomic E-state index is 10.1. The van der Waals surface area contributed by atoms with Crippen molar-refractivity contribution in [3.8, 4) is 17.4 Å². The van der Waals surface area contributed by atoms with Crippen LogP contribution in [0.4, 0.5) is 22.7 Å². The summed E-state index contributed by atoms with van der Waals surface area (Å²) in [5, 5.41) is 15.0. The Labute approximate surface area is 324 Å². The molecule has 0 aliphatic carbocycles. The fourth-order valence-corrected chi connectivity index (χ4v) is 9.07. The van der Waals surface area contributed by atoms with Crippen molar-refractivity contribution in [1.29, 1.82) is 5.26 Å². The van der Waals surface area contributed by atoms with E-state index < -0.39 is 0 Å². The Bertz CT molecular complexity index is 3000. The van der Waals surface area contributed by atoms with Gasteiger partial charge in [-0.15, -0.1) is 0 Å². The third-order valence-corrected chi connectivity index (χ3v) is 11.4. The third-order valence-electron chi connectivity index (χ3n) is 11.4. The standard InChI is InChI=1S/C50H30BN5/c1-53-35-27-33(32-52)28-38(29-35)56-49-25-23-36(54-45-19-9-5-15-39(45)40-16-6-10-20-46(40)54)30-43(49)51(34-13-3-2-4-14-34)44-31-37(24-26-50(44)56)55-47-21-11-7-17-41(47)42-18-8-12-22-48(42)55/h2-31H. The molecule has 3 heterocycles. The summed E-state index contributed by atoms with van der Waals surface area (Å²) in [7, 11) is 0. The van der Waals surface area contributed by atoms with Crippen LogP contribution in [0.5, 0.6) is 0 Å². The van der Waals surface area contributed by atoms with E-state index in [-0.39, 0.29) is 6.71 Å².